The van der Waals surface area contributed by atoms with Gasteiger partial charge in [-0.05, 0) is 4.68 Å². The van der Waals surface area contributed by atoms with E-state index in [1.54, 1.807) is 10.2 Å². The molecule has 0 fully saturated rings. The lowest BCUT2D eigenvalue weighted by atomic mass is 11.1. The zero-order valence-corrected chi connectivity index (χ0v) is 4.77. The zero-order valence-electron chi connectivity index (χ0n) is 3.96. The molecule has 1 aliphatic rings. The van der Waals surface area contributed by atoms with Crippen LogP contribution in [0, 0.1) is 0 Å². The molecule has 0 amide bonds. The number of hydrogen-bond donors (Lipinski definition) is 0. The largest absolute Gasteiger partial charge is 0.207 e. The van der Waals surface area contributed by atoms with Crippen molar-refractivity contribution >= 4 is 23.2 Å². The van der Waals surface area contributed by atoms with Crippen LogP contribution < -0.4 is 0 Å². The van der Waals surface area contributed by atoms with Gasteiger partial charge >= 0.3 is 0 Å². The van der Waals surface area contributed by atoms with Crippen LogP contribution in [0.25, 0.3) is 0 Å². The quantitative estimate of drug-likeness (QED) is 0.418. The highest BCUT2D eigenvalue weighted by Gasteiger charge is 1.88. The Kier molecular flexibility index (Phi) is 1.29. The van der Waals surface area contributed by atoms with E-state index in [0.29, 0.717) is 0 Å². The summed E-state index contributed by atoms with van der Waals surface area (Å²) in [6, 6.07) is 0. The molecule has 2 nitrogen and oxygen atoms in total. The standard InChI is InChI=1S/C4H5N2S/c1-6-2-3-7-4-5-6/h3-4H,1H3/q+1. The molecule has 0 aliphatic carbocycles. The van der Waals surface area contributed by atoms with Gasteiger partial charge in [0.15, 0.2) is 7.05 Å². The molecule has 36 valence electrons. The van der Waals surface area contributed by atoms with E-state index in [4.69, 9.17) is 0 Å². The monoisotopic (exact) mass is 113 g/mol. The van der Waals surface area contributed by atoms with Gasteiger partial charge in [0.1, 0.15) is 5.55 Å². The first kappa shape index (κ1) is 4.62. The van der Waals surface area contributed by atoms with E-state index in [1.807, 2.05) is 12.5 Å². The number of rotatable bonds is 0. The molecule has 0 radical (unpaired) electrons. The maximum atomic E-state index is 3.86. The molecule has 0 atom stereocenters. The lowest BCUT2D eigenvalue weighted by Gasteiger charge is -1.79. The van der Waals surface area contributed by atoms with Crippen molar-refractivity contribution < 1.29 is 4.68 Å². The molecule has 0 bridgehead atoms. The molecule has 1 aliphatic heterocycles. The maximum absolute atomic E-state index is 3.86. The van der Waals surface area contributed by atoms with Crippen molar-refractivity contribution in [2.45, 2.75) is 0 Å². The Morgan fingerprint density at radius 3 is 3.00 bits per heavy atom. The van der Waals surface area contributed by atoms with Gasteiger partial charge in [-0.25, -0.2) is 0 Å². The number of thioether (sulfide) groups is 1. The van der Waals surface area contributed by atoms with Crippen molar-refractivity contribution in [3.05, 3.63) is 5.41 Å². The molecule has 1 heterocycles. The summed E-state index contributed by atoms with van der Waals surface area (Å²) in [6.07, 6.45) is 0. The number of hydrogen-bond acceptors (Lipinski definition) is 2. The van der Waals surface area contributed by atoms with Gasteiger partial charge in [-0.3, -0.25) is 0 Å². The van der Waals surface area contributed by atoms with E-state index < -0.39 is 0 Å². The zero-order chi connectivity index (χ0) is 5.11. The summed E-state index contributed by atoms with van der Waals surface area (Å²) in [6.45, 7) is 0. The molecular weight excluding hydrogens is 108 g/mol. The van der Waals surface area contributed by atoms with Crippen LogP contribution in [0.2, 0.25) is 0 Å². The minimum absolute atomic E-state index is 1.53. The van der Waals surface area contributed by atoms with E-state index in [9.17, 15) is 0 Å². The Hall–Kier alpha value is -0.530. The highest BCUT2D eigenvalue weighted by Crippen LogP contribution is 1.94. The highest BCUT2D eigenvalue weighted by molar-refractivity contribution is 8.14. The van der Waals surface area contributed by atoms with Crippen LogP contribution in [0.1, 0.15) is 0 Å². The van der Waals surface area contributed by atoms with Gasteiger partial charge in [-0.1, -0.05) is 11.8 Å². The van der Waals surface area contributed by atoms with Crippen molar-refractivity contribution in [3.63, 3.8) is 0 Å². The molecule has 0 N–H and O–H groups in total. The third kappa shape index (κ3) is 1.18. The van der Waals surface area contributed by atoms with Crippen LogP contribution in [-0.4, -0.2) is 23.1 Å². The first-order valence-corrected chi connectivity index (χ1v) is 2.83. The van der Waals surface area contributed by atoms with E-state index in [0.717, 1.165) is 0 Å². The van der Waals surface area contributed by atoms with Crippen molar-refractivity contribution in [3.8, 4) is 0 Å². The molecule has 0 spiro atoms. The third-order valence-corrected chi connectivity index (χ3v) is 1.05. The van der Waals surface area contributed by atoms with E-state index >= 15 is 0 Å². The van der Waals surface area contributed by atoms with E-state index in [1.165, 1.54) is 11.8 Å². The van der Waals surface area contributed by atoms with E-state index in [-0.39, 0.29) is 0 Å². The second-order valence-corrected chi connectivity index (χ2v) is 1.85. The molecule has 0 saturated carbocycles. The Labute approximate surface area is 46.2 Å². The topological polar surface area (TPSA) is 15.4 Å². The molecule has 0 saturated heterocycles. The molecule has 7 heavy (non-hydrogen) atoms. The van der Waals surface area contributed by atoms with Gasteiger partial charge in [-0.15, -0.1) is 0 Å². The third-order valence-electron chi connectivity index (χ3n) is 0.589. The lowest BCUT2D eigenvalue weighted by Crippen LogP contribution is -1.94. The minimum Gasteiger partial charge on any atom is -0.0651 e. The van der Waals surface area contributed by atoms with Gasteiger partial charge < -0.3 is 0 Å². The van der Waals surface area contributed by atoms with Crippen molar-refractivity contribution in [2.24, 2.45) is 5.10 Å². The predicted molar refractivity (Wildman–Crippen MR) is 31.8 cm³/mol. The second kappa shape index (κ2) is 1.96. The fraction of sp³-hybridized carbons (Fsp3) is 0.250. The van der Waals surface area contributed by atoms with Crippen LogP contribution in [0.4, 0.5) is 0 Å². The average molecular weight is 113 g/mol. The van der Waals surface area contributed by atoms with Gasteiger partial charge in [0.25, 0.3) is 0 Å². The van der Waals surface area contributed by atoms with E-state index in [2.05, 4.69) is 11.0 Å². The fourth-order valence-electron chi connectivity index (χ4n) is 0.268. The molecule has 0 aromatic rings. The summed E-state index contributed by atoms with van der Waals surface area (Å²) in [7, 11) is 1.84. The van der Waals surface area contributed by atoms with Crippen LogP contribution >= 0.6 is 11.8 Å². The lowest BCUT2D eigenvalue weighted by molar-refractivity contribution is -0.494. The number of hydrazone groups is 1. The average Bonchev–Trinajstić information content (AvgIpc) is 1.69. The van der Waals surface area contributed by atoms with Crippen molar-refractivity contribution in [2.75, 3.05) is 7.05 Å². The molecule has 0 aromatic carbocycles. The van der Waals surface area contributed by atoms with Crippen LogP contribution in [0.15, 0.2) is 10.5 Å². The summed E-state index contributed by atoms with van der Waals surface area (Å²) >= 11 is 1.53. The van der Waals surface area contributed by atoms with Crippen LogP contribution in [0.5, 0.6) is 0 Å². The van der Waals surface area contributed by atoms with Gasteiger partial charge in [0.2, 0.25) is 5.87 Å². The molecule has 3 heteroatoms. The highest BCUT2D eigenvalue weighted by atomic mass is 32.2. The summed E-state index contributed by atoms with van der Waals surface area (Å²) in [5.41, 5.74) is 1.76. The summed E-state index contributed by atoms with van der Waals surface area (Å²) in [5, 5.41) is 5.71. The maximum Gasteiger partial charge on any atom is 0.207 e. The summed E-state index contributed by atoms with van der Waals surface area (Å²) in [5.74, 6) is 2.86. The van der Waals surface area contributed by atoms with Crippen LogP contribution in [0.3, 0.4) is 0 Å². The normalized spacial score (nSPS) is 17.0. The second-order valence-electron chi connectivity index (χ2n) is 1.13. The molecule has 0 aromatic heterocycles. The SMILES string of the molecule is C[N+]1=C=CSC=N1. The van der Waals surface area contributed by atoms with Crippen molar-refractivity contribution in [1.29, 1.82) is 0 Å². The molecule has 1 rings (SSSR count). The Balaban J connectivity index is 2.89. The van der Waals surface area contributed by atoms with Gasteiger partial charge in [-0.2, -0.15) is 0 Å². The molecular formula is C4H5N2S+. The van der Waals surface area contributed by atoms with Crippen LogP contribution in [-0.2, 0) is 0 Å². The van der Waals surface area contributed by atoms with Gasteiger partial charge in [0.05, 0.1) is 5.41 Å². The summed E-state index contributed by atoms with van der Waals surface area (Å²) < 4.78 is 1.64. The Bertz CT molecular complexity index is 153. The first-order valence-electron chi connectivity index (χ1n) is 1.89. The number of nitrogens with zero attached hydrogens (tertiary/aromatic N) is 2. The minimum atomic E-state index is 1.53. The Morgan fingerprint density at radius 2 is 2.71 bits per heavy atom. The summed E-state index contributed by atoms with van der Waals surface area (Å²) in [4.78, 5) is 0. The van der Waals surface area contributed by atoms with Crippen molar-refractivity contribution in [1.82, 2.24) is 0 Å². The first-order chi connectivity index (χ1) is 3.39. The Morgan fingerprint density at radius 1 is 1.86 bits per heavy atom. The smallest absolute Gasteiger partial charge is 0.0651 e. The predicted octanol–water partition coefficient (Wildman–Crippen LogP) is 0.502. The molecule has 0 unspecified atom stereocenters. The van der Waals surface area contributed by atoms with Gasteiger partial charge in [0, 0.05) is 5.10 Å². The fourth-order valence-corrected chi connectivity index (χ4v) is 0.739.